The zero-order chi connectivity index (χ0) is 38.3. The number of alkyl halides is 17. The molecule has 2 aromatic rings. The van der Waals surface area contributed by atoms with Crippen molar-refractivity contribution in [2.24, 2.45) is 10.2 Å². The summed E-state index contributed by atoms with van der Waals surface area (Å²) in [7, 11) is 0. The van der Waals surface area contributed by atoms with E-state index in [0.717, 1.165) is 0 Å². The fourth-order valence-electron chi connectivity index (χ4n) is 3.10. The van der Waals surface area contributed by atoms with E-state index in [-0.39, 0.29) is 0 Å². The van der Waals surface area contributed by atoms with Crippen LogP contribution in [0.25, 0.3) is 0 Å². The topological polar surface area (TPSA) is 24.7 Å². The van der Waals surface area contributed by atoms with Gasteiger partial charge in [-0.15, -0.1) is 10.2 Å². The molecule has 2 rings (SSSR count). The number of azo groups is 1. The minimum atomic E-state index is -9.28. The Morgan fingerprint density at radius 3 is 0.875 bits per heavy atom. The predicted molar refractivity (Wildman–Crippen MR) is 96.3 cm³/mol. The first-order chi connectivity index (χ1) is 21.1. The molecule has 0 aliphatic carbocycles. The van der Waals surface area contributed by atoms with Crippen molar-refractivity contribution in [3.05, 3.63) is 57.9 Å². The maximum Gasteiger partial charge on any atom is 0.460 e. The molecule has 0 atom stereocenters. The lowest BCUT2D eigenvalue weighted by molar-refractivity contribution is -0.462. The third kappa shape index (κ3) is 5.13. The monoisotopic (exact) mass is 762 g/mol. The Morgan fingerprint density at radius 1 is 0.271 bits per heavy atom. The van der Waals surface area contributed by atoms with Crippen LogP contribution in [0.2, 0.25) is 0 Å². The van der Waals surface area contributed by atoms with Gasteiger partial charge in [0, 0.05) is 0 Å². The molecule has 2 nitrogen and oxygen atoms in total. The Balaban J connectivity index is 2.99. The van der Waals surface area contributed by atoms with Crippen molar-refractivity contribution in [1.29, 1.82) is 0 Å². The third-order valence-corrected chi connectivity index (χ3v) is 5.71. The Labute approximate surface area is 242 Å². The van der Waals surface area contributed by atoms with Crippen LogP contribution < -0.4 is 0 Å². The van der Waals surface area contributed by atoms with Crippen LogP contribution in [0.4, 0.5) is 126 Å². The molecule has 0 radical (unpaired) electrons. The minimum absolute atomic E-state index is 1.57. The van der Waals surface area contributed by atoms with Gasteiger partial charge in [-0.2, -0.15) is 74.6 Å². The van der Waals surface area contributed by atoms with Crippen molar-refractivity contribution in [2.75, 3.05) is 0 Å². The molecule has 0 amide bonds. The molecule has 0 aliphatic rings. The third-order valence-electron chi connectivity index (χ3n) is 5.71. The molecule has 0 fully saturated rings. The fraction of sp³-hybridized carbons (Fsp3) is 0.400. The number of halogens is 26. The first-order valence-electron chi connectivity index (χ1n) is 10.6. The SMILES string of the molecule is Fc1c(F)c(F)c(N=Nc2c(F)c(F)c(F)c(F)c2C(F)(F)C(F)(F)C(F)(F)C(F)(F)C(F)(F)C(F)(F)C(F)(F)C(F)(F)F)c(F)c1F. The van der Waals surface area contributed by atoms with Crippen LogP contribution in [0, 0.1) is 52.4 Å². The van der Waals surface area contributed by atoms with E-state index in [1.807, 2.05) is 0 Å². The molecule has 28 heteroatoms. The van der Waals surface area contributed by atoms with Crippen molar-refractivity contribution in [2.45, 2.75) is 47.6 Å². The molecule has 0 spiro atoms. The minimum Gasteiger partial charge on any atom is -0.203 e. The predicted octanol–water partition coefficient (Wildman–Crippen LogP) is 10.8. The first-order valence-corrected chi connectivity index (χ1v) is 10.6. The summed E-state index contributed by atoms with van der Waals surface area (Å²) in [5.41, 5.74) is -11.0. The summed E-state index contributed by atoms with van der Waals surface area (Å²) in [6, 6.07) is 0. The maximum absolute atomic E-state index is 14.7. The Bertz CT molecular complexity index is 1610. The molecule has 272 valence electrons. The van der Waals surface area contributed by atoms with Gasteiger partial charge in [0.15, 0.2) is 52.2 Å². The summed E-state index contributed by atoms with van der Waals surface area (Å²) in [4.78, 5) is 0. The molecule has 0 bridgehead atoms. The van der Waals surface area contributed by atoms with E-state index >= 15 is 0 Å². The van der Waals surface area contributed by atoms with Crippen molar-refractivity contribution in [1.82, 2.24) is 0 Å². The molecule has 0 unspecified atom stereocenters. The van der Waals surface area contributed by atoms with Gasteiger partial charge < -0.3 is 0 Å². The summed E-state index contributed by atoms with van der Waals surface area (Å²) in [6.45, 7) is 0. The lowest BCUT2D eigenvalue weighted by atomic mass is 9.86. The lowest BCUT2D eigenvalue weighted by Crippen LogP contribution is -2.74. The number of nitrogens with zero attached hydrogens (tertiary/aromatic N) is 2. The van der Waals surface area contributed by atoms with Gasteiger partial charge in [-0.25, -0.2) is 39.5 Å². The smallest absolute Gasteiger partial charge is 0.203 e. The van der Waals surface area contributed by atoms with Crippen molar-refractivity contribution >= 4 is 11.4 Å². The fourth-order valence-corrected chi connectivity index (χ4v) is 3.10. The normalized spacial score (nSPS) is 14.8. The molecule has 48 heavy (non-hydrogen) atoms. The molecule has 0 heterocycles. The summed E-state index contributed by atoms with van der Waals surface area (Å²) < 4.78 is 353. The van der Waals surface area contributed by atoms with Gasteiger partial charge in [-0.3, -0.25) is 0 Å². The van der Waals surface area contributed by atoms with Gasteiger partial charge in [-0.05, 0) is 0 Å². The van der Waals surface area contributed by atoms with Crippen molar-refractivity contribution in [3.8, 4) is 0 Å². The van der Waals surface area contributed by atoms with E-state index < -0.39 is 117 Å². The van der Waals surface area contributed by atoms with E-state index in [2.05, 4.69) is 0 Å². The van der Waals surface area contributed by atoms with Crippen LogP contribution in [-0.4, -0.2) is 41.7 Å². The second kappa shape index (κ2) is 11.4. The van der Waals surface area contributed by atoms with E-state index in [0.29, 0.717) is 0 Å². The first kappa shape index (κ1) is 40.4. The van der Waals surface area contributed by atoms with Gasteiger partial charge >= 0.3 is 47.6 Å². The van der Waals surface area contributed by atoms with Crippen LogP contribution >= 0.6 is 0 Å². The molecule has 0 aliphatic heterocycles. The zero-order valence-electron chi connectivity index (χ0n) is 20.7. The molecule has 0 aromatic heterocycles. The summed E-state index contributed by atoms with van der Waals surface area (Å²) >= 11 is 0. The Kier molecular flexibility index (Phi) is 9.59. The molecule has 0 saturated carbocycles. The number of hydrogen-bond donors (Lipinski definition) is 0. The maximum atomic E-state index is 14.7. The summed E-state index contributed by atoms with van der Waals surface area (Å²) in [6.07, 6.45) is -8.11. The standard InChI is InChI=1S/C20F26N2/c21-2-1(11(8(27)5(24)3(2)22)47-48-12-9(28)6(25)4(23)7(26)10(12)29)13(30,31)14(32,33)15(34,35)16(36,37)17(38,39)18(40,41)19(42,43)20(44,45)46. The number of rotatable bonds is 9. The quantitative estimate of drug-likeness (QED) is 0.105. The van der Waals surface area contributed by atoms with Crippen molar-refractivity contribution in [3.63, 3.8) is 0 Å². The highest BCUT2D eigenvalue weighted by molar-refractivity contribution is 5.53. The average molecular weight is 762 g/mol. The van der Waals surface area contributed by atoms with E-state index in [1.54, 1.807) is 10.2 Å². The van der Waals surface area contributed by atoms with Gasteiger partial charge in [-0.1, -0.05) is 0 Å². The lowest BCUT2D eigenvalue weighted by Gasteiger charge is -2.42. The average Bonchev–Trinajstić information content (AvgIpc) is 2.94. The second-order valence-corrected chi connectivity index (χ2v) is 8.62. The highest BCUT2D eigenvalue weighted by Crippen LogP contribution is 2.65. The van der Waals surface area contributed by atoms with Crippen molar-refractivity contribution < 1.29 is 114 Å². The van der Waals surface area contributed by atoms with Gasteiger partial charge in [0.1, 0.15) is 5.69 Å². The van der Waals surface area contributed by atoms with E-state index in [4.69, 9.17) is 0 Å². The summed E-state index contributed by atoms with van der Waals surface area (Å²) in [5, 5.41) is 3.28. The Hall–Kier alpha value is -3.78. The van der Waals surface area contributed by atoms with Gasteiger partial charge in [0.2, 0.25) is 5.82 Å². The molecular weight excluding hydrogens is 762 g/mol. The molecule has 0 saturated heterocycles. The van der Waals surface area contributed by atoms with Crippen LogP contribution in [0.5, 0.6) is 0 Å². The van der Waals surface area contributed by atoms with Crippen LogP contribution in [-0.2, 0) is 5.92 Å². The van der Waals surface area contributed by atoms with E-state index in [9.17, 15) is 114 Å². The van der Waals surface area contributed by atoms with Crippen LogP contribution in [0.1, 0.15) is 5.56 Å². The Morgan fingerprint density at radius 2 is 0.521 bits per heavy atom. The largest absolute Gasteiger partial charge is 0.460 e. The summed E-state index contributed by atoms with van der Waals surface area (Å²) in [5.74, 6) is -93.6. The molecule has 2 aromatic carbocycles. The van der Waals surface area contributed by atoms with Crippen LogP contribution in [0.15, 0.2) is 10.2 Å². The molecule has 0 N–H and O–H groups in total. The second-order valence-electron chi connectivity index (χ2n) is 8.62. The number of hydrogen-bond acceptors (Lipinski definition) is 2. The van der Waals surface area contributed by atoms with Gasteiger partial charge in [0.05, 0.1) is 5.56 Å². The van der Waals surface area contributed by atoms with Crippen LogP contribution in [0.3, 0.4) is 0 Å². The van der Waals surface area contributed by atoms with Gasteiger partial charge in [0.25, 0.3) is 0 Å². The van der Waals surface area contributed by atoms with E-state index in [1.165, 1.54) is 0 Å². The molecular formula is C20F26N2. The highest BCUT2D eigenvalue weighted by Gasteiger charge is 2.95. The number of benzene rings is 2. The highest BCUT2D eigenvalue weighted by atomic mass is 19.4. The zero-order valence-corrected chi connectivity index (χ0v) is 20.7.